The molecule has 0 heterocycles. The molecule has 126 valence electrons. The number of carboxylic acids is 1. The first-order valence-electron chi connectivity index (χ1n) is 7.41. The second kappa shape index (κ2) is 7.55. The first-order chi connectivity index (χ1) is 11.5. The van der Waals surface area contributed by atoms with Gasteiger partial charge in [-0.05, 0) is 41.5 Å². The van der Waals surface area contributed by atoms with Crippen LogP contribution in [0.2, 0.25) is 0 Å². The number of carboxylic acid groups (broad SMARTS) is 1. The largest absolute Gasteiger partial charge is 0.493 e. The van der Waals surface area contributed by atoms with Crippen LogP contribution in [0.25, 0.3) is 11.6 Å². The van der Waals surface area contributed by atoms with Crippen molar-refractivity contribution in [2.24, 2.45) is 0 Å². The van der Waals surface area contributed by atoms with Gasteiger partial charge in [-0.2, -0.15) is 0 Å². The zero-order chi connectivity index (χ0) is 17.7. The zero-order valence-corrected chi connectivity index (χ0v) is 14.2. The molecule has 0 aliphatic carbocycles. The van der Waals surface area contributed by atoms with Crippen LogP contribution in [0.5, 0.6) is 11.5 Å². The SMILES string of the molecule is COc1ccc(/C(=C/c2ccc(N(C)C)cc2)C(=O)O)cc1OC. The van der Waals surface area contributed by atoms with Crippen LogP contribution >= 0.6 is 0 Å². The van der Waals surface area contributed by atoms with Gasteiger partial charge in [0, 0.05) is 19.8 Å². The van der Waals surface area contributed by atoms with Crippen LogP contribution in [-0.2, 0) is 4.79 Å². The molecule has 0 aliphatic rings. The summed E-state index contributed by atoms with van der Waals surface area (Å²) in [5, 5.41) is 9.57. The van der Waals surface area contributed by atoms with Gasteiger partial charge in [-0.1, -0.05) is 18.2 Å². The van der Waals surface area contributed by atoms with E-state index in [9.17, 15) is 9.90 Å². The number of rotatable bonds is 6. The summed E-state index contributed by atoms with van der Waals surface area (Å²) in [7, 11) is 6.97. The highest BCUT2D eigenvalue weighted by Gasteiger charge is 2.14. The summed E-state index contributed by atoms with van der Waals surface area (Å²) in [4.78, 5) is 13.7. The summed E-state index contributed by atoms with van der Waals surface area (Å²) in [6, 6.07) is 12.7. The third-order valence-electron chi connectivity index (χ3n) is 3.65. The fraction of sp³-hybridized carbons (Fsp3) is 0.211. The van der Waals surface area contributed by atoms with Gasteiger partial charge in [-0.25, -0.2) is 4.79 Å². The number of benzene rings is 2. The van der Waals surface area contributed by atoms with E-state index in [1.807, 2.05) is 43.3 Å². The van der Waals surface area contributed by atoms with E-state index < -0.39 is 5.97 Å². The zero-order valence-electron chi connectivity index (χ0n) is 14.2. The Kier molecular flexibility index (Phi) is 5.47. The first kappa shape index (κ1) is 17.4. The number of anilines is 1. The van der Waals surface area contributed by atoms with Crippen molar-refractivity contribution < 1.29 is 19.4 Å². The van der Waals surface area contributed by atoms with Gasteiger partial charge in [-0.15, -0.1) is 0 Å². The van der Waals surface area contributed by atoms with Crippen molar-refractivity contribution in [1.82, 2.24) is 0 Å². The molecule has 0 aliphatic heterocycles. The van der Waals surface area contributed by atoms with Crippen molar-refractivity contribution in [3.8, 4) is 11.5 Å². The smallest absolute Gasteiger partial charge is 0.336 e. The molecule has 0 aromatic heterocycles. The number of carbonyl (C=O) groups is 1. The van der Waals surface area contributed by atoms with E-state index in [-0.39, 0.29) is 5.57 Å². The molecule has 0 unspecified atom stereocenters. The first-order valence-corrected chi connectivity index (χ1v) is 7.41. The highest BCUT2D eigenvalue weighted by Crippen LogP contribution is 2.31. The second-order valence-electron chi connectivity index (χ2n) is 5.42. The summed E-state index contributed by atoms with van der Waals surface area (Å²) in [6.45, 7) is 0. The molecule has 0 spiro atoms. The summed E-state index contributed by atoms with van der Waals surface area (Å²) in [5.41, 5.74) is 2.60. The minimum Gasteiger partial charge on any atom is -0.493 e. The lowest BCUT2D eigenvalue weighted by Gasteiger charge is -2.12. The average molecular weight is 327 g/mol. The van der Waals surface area contributed by atoms with Gasteiger partial charge in [0.05, 0.1) is 19.8 Å². The molecule has 0 bridgehead atoms. The lowest BCUT2D eigenvalue weighted by atomic mass is 10.0. The Hall–Kier alpha value is -2.95. The molecule has 0 radical (unpaired) electrons. The normalized spacial score (nSPS) is 11.1. The highest BCUT2D eigenvalue weighted by atomic mass is 16.5. The summed E-state index contributed by atoms with van der Waals surface area (Å²) >= 11 is 0. The Morgan fingerprint density at radius 2 is 1.62 bits per heavy atom. The predicted octanol–water partition coefficient (Wildman–Crippen LogP) is 3.40. The van der Waals surface area contributed by atoms with E-state index in [0.717, 1.165) is 11.3 Å². The lowest BCUT2D eigenvalue weighted by Crippen LogP contribution is -2.08. The van der Waals surface area contributed by atoms with Gasteiger partial charge in [0.25, 0.3) is 0 Å². The van der Waals surface area contributed by atoms with Crippen LogP contribution in [0.4, 0.5) is 5.69 Å². The number of hydrogen-bond acceptors (Lipinski definition) is 4. The molecule has 0 saturated heterocycles. The Balaban J connectivity index is 2.44. The van der Waals surface area contributed by atoms with Gasteiger partial charge in [0.15, 0.2) is 11.5 Å². The lowest BCUT2D eigenvalue weighted by molar-refractivity contribution is -0.130. The minimum absolute atomic E-state index is 0.188. The van der Waals surface area contributed by atoms with E-state index in [2.05, 4.69) is 0 Å². The van der Waals surface area contributed by atoms with Gasteiger partial charge >= 0.3 is 5.97 Å². The highest BCUT2D eigenvalue weighted by molar-refractivity contribution is 6.20. The maximum atomic E-state index is 11.7. The fourth-order valence-electron chi connectivity index (χ4n) is 2.31. The number of nitrogens with zero attached hydrogens (tertiary/aromatic N) is 1. The Labute approximate surface area is 141 Å². The molecule has 2 aromatic rings. The van der Waals surface area contributed by atoms with Crippen molar-refractivity contribution >= 4 is 23.3 Å². The Morgan fingerprint density at radius 1 is 1.00 bits per heavy atom. The summed E-state index contributed by atoms with van der Waals surface area (Å²) in [5.74, 6) is 0.0466. The molecule has 5 heteroatoms. The number of ether oxygens (including phenoxy) is 2. The third-order valence-corrected chi connectivity index (χ3v) is 3.65. The monoisotopic (exact) mass is 327 g/mol. The molecule has 0 fully saturated rings. The van der Waals surface area contributed by atoms with Crippen molar-refractivity contribution in [3.05, 3.63) is 53.6 Å². The van der Waals surface area contributed by atoms with E-state index >= 15 is 0 Å². The molecule has 2 rings (SSSR count). The van der Waals surface area contributed by atoms with E-state index in [1.165, 1.54) is 14.2 Å². The second-order valence-corrected chi connectivity index (χ2v) is 5.42. The maximum Gasteiger partial charge on any atom is 0.336 e. The summed E-state index contributed by atoms with van der Waals surface area (Å²) < 4.78 is 10.4. The number of aliphatic carboxylic acids is 1. The van der Waals surface area contributed by atoms with Gasteiger partial charge in [-0.3, -0.25) is 0 Å². The fourth-order valence-corrected chi connectivity index (χ4v) is 2.31. The van der Waals surface area contributed by atoms with Crippen molar-refractivity contribution in [1.29, 1.82) is 0 Å². The molecule has 5 nitrogen and oxygen atoms in total. The molecule has 2 aromatic carbocycles. The van der Waals surface area contributed by atoms with E-state index in [0.29, 0.717) is 17.1 Å². The summed E-state index contributed by atoms with van der Waals surface area (Å²) in [6.07, 6.45) is 1.64. The van der Waals surface area contributed by atoms with Gasteiger partial charge in [0.1, 0.15) is 0 Å². The molecular formula is C19H21NO4. The average Bonchev–Trinajstić information content (AvgIpc) is 2.59. The topological polar surface area (TPSA) is 59.0 Å². The Morgan fingerprint density at radius 3 is 2.12 bits per heavy atom. The van der Waals surface area contributed by atoms with Gasteiger partial charge in [0.2, 0.25) is 0 Å². The number of methoxy groups -OCH3 is 2. The quantitative estimate of drug-likeness (QED) is 0.651. The number of hydrogen-bond donors (Lipinski definition) is 1. The maximum absolute atomic E-state index is 11.7. The predicted molar refractivity (Wildman–Crippen MR) is 95.8 cm³/mol. The standard InChI is InChI=1S/C19H21NO4/c1-20(2)15-8-5-13(6-9-15)11-16(19(21)22)14-7-10-17(23-3)18(12-14)24-4/h5-12H,1-4H3,(H,21,22)/b16-11-. The Bertz CT molecular complexity index is 748. The molecule has 0 atom stereocenters. The van der Waals surface area contributed by atoms with Gasteiger partial charge < -0.3 is 19.5 Å². The van der Waals surface area contributed by atoms with Crippen LogP contribution < -0.4 is 14.4 Å². The molecule has 0 saturated carbocycles. The van der Waals surface area contributed by atoms with E-state index in [4.69, 9.17) is 9.47 Å². The van der Waals surface area contributed by atoms with Crippen LogP contribution in [0.3, 0.4) is 0 Å². The van der Waals surface area contributed by atoms with Crippen molar-refractivity contribution in [2.45, 2.75) is 0 Å². The molecule has 24 heavy (non-hydrogen) atoms. The van der Waals surface area contributed by atoms with Crippen LogP contribution in [-0.4, -0.2) is 39.4 Å². The molecule has 1 N–H and O–H groups in total. The molecule has 0 amide bonds. The minimum atomic E-state index is -1.00. The van der Waals surface area contributed by atoms with Crippen molar-refractivity contribution in [3.63, 3.8) is 0 Å². The van der Waals surface area contributed by atoms with Crippen molar-refractivity contribution in [2.75, 3.05) is 33.2 Å². The van der Waals surface area contributed by atoms with Crippen LogP contribution in [0.1, 0.15) is 11.1 Å². The van der Waals surface area contributed by atoms with Crippen LogP contribution in [0, 0.1) is 0 Å². The molecular weight excluding hydrogens is 306 g/mol. The third kappa shape index (κ3) is 3.87. The van der Waals surface area contributed by atoms with Crippen LogP contribution in [0.15, 0.2) is 42.5 Å². The van der Waals surface area contributed by atoms with E-state index in [1.54, 1.807) is 24.3 Å².